The molecule has 22 heavy (non-hydrogen) atoms. The Bertz CT molecular complexity index is 303. The number of nitrogens with one attached hydrogen (secondary N) is 3. The van der Waals surface area contributed by atoms with Gasteiger partial charge in [0.25, 0.3) is 0 Å². The first kappa shape index (κ1) is 16.7. The van der Waals surface area contributed by atoms with Crippen molar-refractivity contribution in [2.24, 2.45) is 0 Å². The quantitative estimate of drug-likeness (QED) is 0.602. The van der Waals surface area contributed by atoms with E-state index in [1.165, 1.54) is 77.0 Å². The van der Waals surface area contributed by atoms with Crippen LogP contribution in [0.1, 0.15) is 90.9 Å². The van der Waals surface area contributed by atoms with Crippen molar-refractivity contribution in [1.29, 1.82) is 0 Å². The fourth-order valence-corrected chi connectivity index (χ4v) is 5.27. The third kappa shape index (κ3) is 3.85. The van der Waals surface area contributed by atoms with Crippen molar-refractivity contribution >= 4 is 0 Å². The van der Waals surface area contributed by atoms with Gasteiger partial charge in [0.2, 0.25) is 0 Å². The highest BCUT2D eigenvalue weighted by molar-refractivity contribution is 4.89. The fraction of sp³-hybridized carbons (Fsp3) is 1.00. The van der Waals surface area contributed by atoms with Crippen LogP contribution in [-0.4, -0.2) is 30.5 Å². The van der Waals surface area contributed by atoms with E-state index >= 15 is 0 Å². The minimum absolute atomic E-state index is 0.554. The molecule has 0 saturated carbocycles. The third-order valence-corrected chi connectivity index (χ3v) is 6.39. The first-order chi connectivity index (χ1) is 10.8. The largest absolute Gasteiger partial charge is 0.302 e. The van der Waals surface area contributed by atoms with Gasteiger partial charge in [-0.15, -0.1) is 0 Å². The molecule has 3 heterocycles. The molecule has 0 amide bonds. The Morgan fingerprint density at radius 1 is 0.773 bits per heavy atom. The highest BCUT2D eigenvalue weighted by Gasteiger charge is 2.50. The van der Waals surface area contributed by atoms with Gasteiger partial charge in [-0.1, -0.05) is 52.4 Å². The number of hydrogen-bond donors (Lipinski definition) is 3. The first-order valence-electron chi connectivity index (χ1n) is 10.2. The average molecular weight is 309 g/mol. The first-order valence-corrected chi connectivity index (χ1v) is 10.2. The van der Waals surface area contributed by atoms with E-state index in [2.05, 4.69) is 24.5 Å². The highest BCUT2D eigenvalue weighted by atomic mass is 15.5. The standard InChI is InChI=1S/C19H37N3/c1-3-5-7-9-15-13-17-11-12-18-14-16(10-8-6-4-2)21-19(20-15)22(17)18/h15-21H,3-14H2,1-2H3/p+1/t15-,16-,17-,18+,19?/m1/s1. The summed E-state index contributed by atoms with van der Waals surface area (Å²) in [5.74, 6) is 0. The Labute approximate surface area is 137 Å². The number of rotatable bonds is 8. The van der Waals surface area contributed by atoms with E-state index in [9.17, 15) is 0 Å². The van der Waals surface area contributed by atoms with Crippen molar-refractivity contribution < 1.29 is 4.90 Å². The van der Waals surface area contributed by atoms with E-state index in [0.29, 0.717) is 6.29 Å². The fourth-order valence-electron chi connectivity index (χ4n) is 5.27. The Hall–Kier alpha value is -0.120. The molecule has 6 atom stereocenters. The monoisotopic (exact) mass is 308 g/mol. The zero-order chi connectivity index (χ0) is 15.4. The molecule has 128 valence electrons. The molecule has 0 aromatic carbocycles. The molecule has 0 aliphatic carbocycles. The molecule has 0 aromatic rings. The van der Waals surface area contributed by atoms with Crippen LogP contribution in [0.15, 0.2) is 0 Å². The van der Waals surface area contributed by atoms with E-state index < -0.39 is 0 Å². The van der Waals surface area contributed by atoms with Crippen LogP contribution in [0.3, 0.4) is 0 Å². The van der Waals surface area contributed by atoms with Gasteiger partial charge in [0, 0.05) is 37.8 Å². The maximum absolute atomic E-state index is 3.99. The molecule has 2 unspecified atom stereocenters. The van der Waals surface area contributed by atoms with Crippen LogP contribution < -0.4 is 15.5 Å². The van der Waals surface area contributed by atoms with E-state index in [4.69, 9.17) is 0 Å². The Kier molecular flexibility index (Phi) is 6.17. The molecular formula is C19H38N3+. The molecule has 3 fully saturated rings. The third-order valence-electron chi connectivity index (χ3n) is 6.39. The summed E-state index contributed by atoms with van der Waals surface area (Å²) in [7, 11) is 0. The van der Waals surface area contributed by atoms with Gasteiger partial charge < -0.3 is 4.90 Å². The molecule has 3 heteroatoms. The molecule has 0 spiro atoms. The minimum atomic E-state index is 0.554. The lowest BCUT2D eigenvalue weighted by Crippen LogP contribution is -3.26. The van der Waals surface area contributed by atoms with Gasteiger partial charge in [-0.3, -0.25) is 10.6 Å². The lowest BCUT2D eigenvalue weighted by molar-refractivity contribution is -0.977. The zero-order valence-electron chi connectivity index (χ0n) is 14.9. The Morgan fingerprint density at radius 3 is 1.73 bits per heavy atom. The van der Waals surface area contributed by atoms with Gasteiger partial charge in [0.1, 0.15) is 0 Å². The van der Waals surface area contributed by atoms with Gasteiger partial charge >= 0.3 is 0 Å². The van der Waals surface area contributed by atoms with E-state index in [-0.39, 0.29) is 0 Å². The van der Waals surface area contributed by atoms with Gasteiger partial charge in [-0.2, -0.15) is 0 Å². The Balaban J connectivity index is 1.54. The Morgan fingerprint density at radius 2 is 1.27 bits per heavy atom. The van der Waals surface area contributed by atoms with Crippen molar-refractivity contribution in [3.05, 3.63) is 0 Å². The molecule has 3 saturated heterocycles. The maximum atomic E-state index is 3.99. The second kappa shape index (κ2) is 8.12. The molecule has 0 aromatic heterocycles. The van der Waals surface area contributed by atoms with Crippen LogP contribution in [0.25, 0.3) is 0 Å². The number of quaternary nitrogens is 1. The van der Waals surface area contributed by atoms with Crippen molar-refractivity contribution in [2.75, 3.05) is 0 Å². The number of hydrogen-bond acceptors (Lipinski definition) is 2. The van der Waals surface area contributed by atoms with E-state index in [1.54, 1.807) is 0 Å². The molecule has 3 aliphatic heterocycles. The molecule has 0 radical (unpaired) electrons. The van der Waals surface area contributed by atoms with Crippen LogP contribution in [-0.2, 0) is 0 Å². The second-order valence-electron chi connectivity index (χ2n) is 8.09. The van der Waals surface area contributed by atoms with Crippen LogP contribution in [0.2, 0.25) is 0 Å². The zero-order valence-corrected chi connectivity index (χ0v) is 14.9. The van der Waals surface area contributed by atoms with Crippen LogP contribution >= 0.6 is 0 Å². The van der Waals surface area contributed by atoms with E-state index in [1.807, 2.05) is 4.90 Å². The summed E-state index contributed by atoms with van der Waals surface area (Å²) in [4.78, 5) is 1.87. The second-order valence-corrected chi connectivity index (χ2v) is 8.09. The molecular weight excluding hydrogens is 270 g/mol. The summed E-state index contributed by atoms with van der Waals surface area (Å²) < 4.78 is 0. The van der Waals surface area contributed by atoms with Crippen molar-refractivity contribution in [3.63, 3.8) is 0 Å². The maximum Gasteiger partial charge on any atom is 0.199 e. The minimum Gasteiger partial charge on any atom is -0.302 e. The van der Waals surface area contributed by atoms with Crippen LogP contribution in [0, 0.1) is 0 Å². The predicted molar refractivity (Wildman–Crippen MR) is 92.9 cm³/mol. The molecule has 0 bridgehead atoms. The van der Waals surface area contributed by atoms with Crippen LogP contribution in [0.4, 0.5) is 0 Å². The van der Waals surface area contributed by atoms with Gasteiger partial charge in [0.05, 0.1) is 12.1 Å². The van der Waals surface area contributed by atoms with Gasteiger partial charge in [-0.25, -0.2) is 0 Å². The topological polar surface area (TPSA) is 28.5 Å². The van der Waals surface area contributed by atoms with Gasteiger partial charge in [-0.05, 0) is 12.8 Å². The molecule has 3 N–H and O–H groups in total. The summed E-state index contributed by atoms with van der Waals surface area (Å²) in [6.45, 7) is 4.62. The normalized spacial score (nSPS) is 40.6. The van der Waals surface area contributed by atoms with Crippen LogP contribution in [0.5, 0.6) is 0 Å². The highest BCUT2D eigenvalue weighted by Crippen LogP contribution is 2.24. The van der Waals surface area contributed by atoms with E-state index in [0.717, 1.165) is 24.2 Å². The lowest BCUT2D eigenvalue weighted by Gasteiger charge is -2.47. The van der Waals surface area contributed by atoms with Crippen molar-refractivity contribution in [3.8, 4) is 0 Å². The molecule has 3 nitrogen and oxygen atoms in total. The summed E-state index contributed by atoms with van der Waals surface area (Å²) in [6.07, 6.45) is 17.5. The molecule has 3 aliphatic rings. The summed E-state index contributed by atoms with van der Waals surface area (Å²) in [6, 6.07) is 3.41. The average Bonchev–Trinajstić information content (AvgIpc) is 2.92. The number of unbranched alkanes of at least 4 members (excludes halogenated alkanes) is 4. The predicted octanol–water partition coefficient (Wildman–Crippen LogP) is 2.57. The van der Waals surface area contributed by atoms with Gasteiger partial charge in [0.15, 0.2) is 6.29 Å². The summed E-state index contributed by atoms with van der Waals surface area (Å²) in [5.41, 5.74) is 0. The smallest absolute Gasteiger partial charge is 0.199 e. The van der Waals surface area contributed by atoms with Crippen molar-refractivity contribution in [1.82, 2.24) is 10.6 Å². The summed E-state index contributed by atoms with van der Waals surface area (Å²) in [5, 5.41) is 7.97. The molecule has 3 rings (SSSR count). The SMILES string of the molecule is CCCCC[C@@H]1C[C@H]2CC[C@H]3C[C@@H](CCCCC)NC(N1)[NH+]23. The van der Waals surface area contributed by atoms with Crippen molar-refractivity contribution in [2.45, 2.75) is 121 Å². The summed E-state index contributed by atoms with van der Waals surface area (Å²) >= 11 is 0. The lowest BCUT2D eigenvalue weighted by atomic mass is 9.95.